The first-order chi connectivity index (χ1) is 13.2. The fourth-order valence-corrected chi connectivity index (χ4v) is 2.55. The third-order valence-corrected chi connectivity index (χ3v) is 4.00. The second-order valence-electron chi connectivity index (χ2n) is 5.56. The van der Waals surface area contributed by atoms with Gasteiger partial charge in [-0.1, -0.05) is 0 Å². The third kappa shape index (κ3) is 2.84. The van der Waals surface area contributed by atoms with Crippen molar-refractivity contribution in [2.45, 2.75) is 6.54 Å². The van der Waals surface area contributed by atoms with Crippen molar-refractivity contribution in [2.24, 2.45) is 0 Å². The van der Waals surface area contributed by atoms with Crippen LogP contribution in [0.15, 0.2) is 24.3 Å². The first-order valence-electron chi connectivity index (χ1n) is 7.53. The number of carbonyl (C=O) groups excluding carboxylic acids is 3. The summed E-state index contributed by atoms with van der Waals surface area (Å²) in [6.45, 7) is -1.32. The number of amides is 4. The van der Waals surface area contributed by atoms with Gasteiger partial charge in [0.25, 0.3) is 0 Å². The van der Waals surface area contributed by atoms with E-state index in [1.165, 1.54) is 31.4 Å². The molecule has 0 atom stereocenters. The normalized spacial score (nSPS) is 14.3. The van der Waals surface area contributed by atoms with Crippen molar-refractivity contribution in [1.29, 1.82) is 0 Å². The van der Waals surface area contributed by atoms with Crippen LogP contribution in [0.1, 0.15) is 5.56 Å². The Morgan fingerprint density at radius 1 is 0.786 bits per heavy atom. The van der Waals surface area contributed by atoms with Crippen LogP contribution in [0.4, 0.5) is 32.4 Å². The van der Waals surface area contributed by atoms with Crippen molar-refractivity contribution < 1.29 is 41.1 Å². The van der Waals surface area contributed by atoms with Gasteiger partial charge in [0.1, 0.15) is 5.75 Å². The lowest BCUT2D eigenvalue weighted by atomic mass is 10.1. The molecule has 0 unspecified atom stereocenters. The average molecular weight is 400 g/mol. The van der Waals surface area contributed by atoms with Crippen molar-refractivity contribution in [1.82, 2.24) is 4.90 Å². The molecule has 0 N–H and O–H groups in total. The van der Waals surface area contributed by atoms with Crippen LogP contribution in [0, 0.1) is 29.1 Å². The number of imide groups is 2. The third-order valence-electron chi connectivity index (χ3n) is 4.00. The smallest absolute Gasteiger partial charge is 0.339 e. The summed E-state index contributed by atoms with van der Waals surface area (Å²) in [6.07, 6.45) is 0. The summed E-state index contributed by atoms with van der Waals surface area (Å²) in [7, 11) is 1.37. The van der Waals surface area contributed by atoms with Gasteiger partial charge in [0.15, 0.2) is 23.3 Å². The van der Waals surface area contributed by atoms with Gasteiger partial charge in [-0.3, -0.25) is 14.5 Å². The van der Waals surface area contributed by atoms with Crippen LogP contribution in [0.3, 0.4) is 0 Å². The summed E-state index contributed by atoms with van der Waals surface area (Å²) in [4.78, 5) is 37.1. The molecular formula is C17H9F5N2O4. The monoisotopic (exact) mass is 400 g/mol. The van der Waals surface area contributed by atoms with E-state index >= 15 is 0 Å². The standard InChI is InChI=1S/C17H9F5N2O4/c1-28-8-4-2-7(3-5-8)24-16(26)15(25)23(17(24)27)6-9-10(18)12(20)14(22)13(21)11(9)19/h2-5H,6H2,1H3. The van der Waals surface area contributed by atoms with Crippen LogP contribution in [-0.2, 0) is 16.1 Å². The maximum atomic E-state index is 13.8. The number of nitrogens with zero attached hydrogens (tertiary/aromatic N) is 2. The zero-order chi connectivity index (χ0) is 20.7. The van der Waals surface area contributed by atoms with E-state index in [-0.39, 0.29) is 10.6 Å². The van der Waals surface area contributed by atoms with Crippen LogP contribution in [0.25, 0.3) is 0 Å². The molecule has 0 bridgehead atoms. The number of anilines is 1. The quantitative estimate of drug-likeness (QED) is 0.260. The first kappa shape index (κ1) is 19.3. The fourth-order valence-electron chi connectivity index (χ4n) is 2.55. The number of rotatable bonds is 4. The Bertz CT molecular complexity index is 981. The largest absolute Gasteiger partial charge is 0.497 e. The van der Waals surface area contributed by atoms with Gasteiger partial charge >= 0.3 is 17.8 Å². The van der Waals surface area contributed by atoms with Gasteiger partial charge in [-0.05, 0) is 24.3 Å². The van der Waals surface area contributed by atoms with Gasteiger partial charge in [0, 0.05) is 5.56 Å². The highest BCUT2D eigenvalue weighted by Crippen LogP contribution is 2.28. The molecule has 11 heteroatoms. The molecule has 0 aliphatic carbocycles. The summed E-state index contributed by atoms with van der Waals surface area (Å²) < 4.78 is 72.3. The Hall–Kier alpha value is -3.50. The Balaban J connectivity index is 1.97. The molecular weight excluding hydrogens is 391 g/mol. The van der Waals surface area contributed by atoms with Crippen LogP contribution in [0.5, 0.6) is 5.75 Å². The van der Waals surface area contributed by atoms with E-state index in [0.717, 1.165) is 0 Å². The number of hydrogen-bond acceptors (Lipinski definition) is 4. The number of hydrogen-bond donors (Lipinski definition) is 0. The molecule has 28 heavy (non-hydrogen) atoms. The number of ether oxygens (including phenoxy) is 1. The highest BCUT2D eigenvalue weighted by Gasteiger charge is 2.46. The average Bonchev–Trinajstić information content (AvgIpc) is 2.91. The van der Waals surface area contributed by atoms with E-state index in [1.807, 2.05) is 0 Å². The van der Waals surface area contributed by atoms with E-state index in [4.69, 9.17) is 4.74 Å². The highest BCUT2D eigenvalue weighted by molar-refractivity contribution is 6.52. The summed E-state index contributed by atoms with van der Waals surface area (Å²) in [5, 5.41) is 0. The van der Waals surface area contributed by atoms with Crippen molar-refractivity contribution in [3.8, 4) is 5.75 Å². The van der Waals surface area contributed by atoms with E-state index < -0.39 is 59.0 Å². The van der Waals surface area contributed by atoms with E-state index in [2.05, 4.69) is 0 Å². The molecule has 0 spiro atoms. The van der Waals surface area contributed by atoms with Crippen molar-refractivity contribution in [3.63, 3.8) is 0 Å². The van der Waals surface area contributed by atoms with E-state index in [9.17, 15) is 36.3 Å². The minimum atomic E-state index is -2.38. The minimum Gasteiger partial charge on any atom is -0.497 e. The lowest BCUT2D eigenvalue weighted by Crippen LogP contribution is -2.33. The molecule has 1 aliphatic heterocycles. The molecule has 0 radical (unpaired) electrons. The zero-order valence-electron chi connectivity index (χ0n) is 13.9. The van der Waals surface area contributed by atoms with Crippen LogP contribution in [-0.4, -0.2) is 29.9 Å². The molecule has 3 rings (SSSR count). The minimum absolute atomic E-state index is 0.0518. The molecule has 1 saturated heterocycles. The topological polar surface area (TPSA) is 66.9 Å². The number of carbonyl (C=O) groups is 3. The summed E-state index contributed by atoms with van der Waals surface area (Å²) in [5.41, 5.74) is -1.47. The number of methoxy groups -OCH3 is 1. The Kier molecular flexibility index (Phi) is 4.75. The first-order valence-corrected chi connectivity index (χ1v) is 7.53. The maximum absolute atomic E-state index is 13.8. The van der Waals surface area contributed by atoms with Crippen molar-refractivity contribution in [3.05, 3.63) is 58.9 Å². The molecule has 6 nitrogen and oxygen atoms in total. The number of benzene rings is 2. The molecule has 1 fully saturated rings. The summed E-state index contributed by atoms with van der Waals surface area (Å²) >= 11 is 0. The molecule has 0 aromatic heterocycles. The predicted octanol–water partition coefficient (Wildman–Crippen LogP) is 2.89. The summed E-state index contributed by atoms with van der Waals surface area (Å²) in [5.74, 6) is -13.7. The fraction of sp³-hybridized carbons (Fsp3) is 0.118. The molecule has 2 aromatic rings. The van der Waals surface area contributed by atoms with Gasteiger partial charge in [0.2, 0.25) is 5.82 Å². The maximum Gasteiger partial charge on any atom is 0.339 e. The van der Waals surface area contributed by atoms with Crippen molar-refractivity contribution >= 4 is 23.5 Å². The second-order valence-corrected chi connectivity index (χ2v) is 5.56. The predicted molar refractivity (Wildman–Crippen MR) is 82.7 cm³/mol. The molecule has 146 valence electrons. The van der Waals surface area contributed by atoms with Gasteiger partial charge in [0.05, 0.1) is 19.3 Å². The van der Waals surface area contributed by atoms with Crippen molar-refractivity contribution in [2.75, 3.05) is 12.0 Å². The van der Waals surface area contributed by atoms with Crippen LogP contribution < -0.4 is 9.64 Å². The second kappa shape index (κ2) is 6.91. The number of urea groups is 1. The van der Waals surface area contributed by atoms with Gasteiger partial charge < -0.3 is 4.74 Å². The Morgan fingerprint density at radius 2 is 1.29 bits per heavy atom. The van der Waals surface area contributed by atoms with E-state index in [0.29, 0.717) is 10.6 Å². The van der Waals surface area contributed by atoms with Gasteiger partial charge in [-0.25, -0.2) is 31.6 Å². The zero-order valence-corrected chi connectivity index (χ0v) is 13.9. The van der Waals surface area contributed by atoms with Crippen LogP contribution in [0.2, 0.25) is 0 Å². The molecule has 2 aromatic carbocycles. The molecule has 0 saturated carbocycles. The molecule has 1 aliphatic rings. The Labute approximate surface area is 153 Å². The highest BCUT2D eigenvalue weighted by atomic mass is 19.2. The Morgan fingerprint density at radius 3 is 1.79 bits per heavy atom. The molecule has 4 amide bonds. The lowest BCUT2D eigenvalue weighted by Gasteiger charge is -2.17. The lowest BCUT2D eigenvalue weighted by molar-refractivity contribution is -0.139. The summed E-state index contributed by atoms with van der Waals surface area (Å²) in [6, 6.07) is 4.00. The SMILES string of the molecule is COc1ccc(N2C(=O)C(=O)N(Cc3c(F)c(F)c(F)c(F)c3F)C2=O)cc1. The van der Waals surface area contributed by atoms with Crippen LogP contribution >= 0.6 is 0 Å². The number of halogens is 5. The van der Waals surface area contributed by atoms with E-state index in [1.54, 1.807) is 0 Å². The molecule has 1 heterocycles. The van der Waals surface area contributed by atoms with Gasteiger partial charge in [-0.15, -0.1) is 0 Å². The van der Waals surface area contributed by atoms with Gasteiger partial charge in [-0.2, -0.15) is 0 Å².